The lowest BCUT2D eigenvalue weighted by molar-refractivity contribution is -0.136. The van der Waals surface area contributed by atoms with Crippen LogP contribution in [0.3, 0.4) is 0 Å². The van der Waals surface area contributed by atoms with Crippen LogP contribution >= 0.6 is 11.8 Å². The number of hydroxylamine groups is 2. The predicted octanol–water partition coefficient (Wildman–Crippen LogP) is 1.68. The average Bonchev–Trinajstić information content (AvgIpc) is 2.81. The largest absolute Gasteiger partial charge is 0.354 e. The van der Waals surface area contributed by atoms with Crippen molar-refractivity contribution in [3.63, 3.8) is 0 Å². The highest BCUT2D eigenvalue weighted by Gasteiger charge is 2.21. The molecular weight excluding hydrogens is 460 g/mol. The van der Waals surface area contributed by atoms with E-state index in [4.69, 9.17) is 9.68 Å². The normalized spacial score (nSPS) is 11.7. The third kappa shape index (κ3) is 12.0. The van der Waals surface area contributed by atoms with Crippen LogP contribution in [-0.4, -0.2) is 61.4 Å². The number of rotatable bonds is 15. The van der Waals surface area contributed by atoms with Gasteiger partial charge in [-0.2, -0.15) is 11.8 Å². The van der Waals surface area contributed by atoms with Gasteiger partial charge in [0.25, 0.3) is 17.7 Å². The monoisotopic (exact) mass is 496 g/mol. The Bertz CT molecular complexity index is 818. The van der Waals surface area contributed by atoms with E-state index in [1.54, 1.807) is 11.8 Å². The van der Waals surface area contributed by atoms with Crippen LogP contribution in [0, 0.1) is 11.8 Å². The summed E-state index contributed by atoms with van der Waals surface area (Å²) in [5, 5.41) is 5.46. The van der Waals surface area contributed by atoms with E-state index < -0.39 is 17.9 Å². The van der Waals surface area contributed by atoms with Gasteiger partial charge in [-0.05, 0) is 48.5 Å². The maximum absolute atomic E-state index is 12.5. The number of nitrogens with one attached hydrogen (secondary N) is 4. The number of carbonyl (C=O) groups excluding carboxylic acids is 4. The summed E-state index contributed by atoms with van der Waals surface area (Å²) in [4.78, 5) is 59.2. The minimum Gasteiger partial charge on any atom is -0.354 e. The lowest BCUT2D eigenvalue weighted by Crippen LogP contribution is -2.42. The first kappa shape index (κ1) is 29.4. The van der Waals surface area contributed by atoms with Gasteiger partial charge in [0.2, 0.25) is 5.91 Å². The molecule has 1 rings (SSSR count). The van der Waals surface area contributed by atoms with E-state index in [1.807, 2.05) is 34.0 Å². The van der Waals surface area contributed by atoms with Crippen molar-refractivity contribution in [1.82, 2.24) is 21.6 Å². The van der Waals surface area contributed by atoms with Crippen molar-refractivity contribution in [2.24, 2.45) is 11.8 Å². The molecule has 0 bridgehead atoms. The van der Waals surface area contributed by atoms with Gasteiger partial charge in [0.15, 0.2) is 12.7 Å². The molecule has 0 saturated carbocycles. The maximum atomic E-state index is 12.5. The molecule has 1 atom stereocenters. The van der Waals surface area contributed by atoms with Crippen LogP contribution in [0.2, 0.25) is 0 Å². The first-order valence-corrected chi connectivity index (χ1v) is 12.5. The standard InChI is InChI=1S/C23H36N4O6S/c1-15(2)12-24-20(28)14-32-26-21(29)17-7-6-8-18(11-17)22(30)27-33-19(9-10-34-5)23(31)25-13-16(3)4/h6-8,11,15-16,19H,9-10,12-14H2,1-5H3,(H,24,28)(H,25,31)(H,26,29)(H,27,30). The van der Waals surface area contributed by atoms with Crippen LogP contribution in [0.25, 0.3) is 0 Å². The van der Waals surface area contributed by atoms with E-state index >= 15 is 0 Å². The van der Waals surface area contributed by atoms with E-state index in [2.05, 4.69) is 21.6 Å². The fourth-order valence-electron chi connectivity index (χ4n) is 2.47. The molecule has 0 fully saturated rings. The molecule has 0 aliphatic heterocycles. The Morgan fingerprint density at radius 2 is 1.50 bits per heavy atom. The molecule has 190 valence electrons. The molecule has 0 aliphatic rings. The summed E-state index contributed by atoms with van der Waals surface area (Å²) in [6.07, 6.45) is 1.51. The Balaban J connectivity index is 2.62. The quantitative estimate of drug-likeness (QED) is 0.271. The number of carbonyl (C=O) groups is 4. The van der Waals surface area contributed by atoms with Crippen molar-refractivity contribution in [3.8, 4) is 0 Å². The molecule has 10 nitrogen and oxygen atoms in total. The van der Waals surface area contributed by atoms with Crippen LogP contribution in [0.5, 0.6) is 0 Å². The van der Waals surface area contributed by atoms with Gasteiger partial charge in [-0.15, -0.1) is 0 Å². The molecule has 4 N–H and O–H groups in total. The molecule has 0 aromatic heterocycles. The lowest BCUT2D eigenvalue weighted by Gasteiger charge is -2.18. The van der Waals surface area contributed by atoms with Crippen LogP contribution in [0.1, 0.15) is 54.8 Å². The SMILES string of the molecule is CSCCC(ONC(=O)c1cccc(C(=O)NOCC(=O)NCC(C)C)c1)C(=O)NCC(C)C. The second-order valence-electron chi connectivity index (χ2n) is 8.46. The highest BCUT2D eigenvalue weighted by Crippen LogP contribution is 2.08. The molecule has 1 aromatic carbocycles. The lowest BCUT2D eigenvalue weighted by atomic mass is 10.1. The Kier molecular flexibility index (Phi) is 13.9. The molecule has 1 aromatic rings. The molecule has 0 saturated heterocycles. The molecule has 0 radical (unpaired) electrons. The average molecular weight is 497 g/mol. The van der Waals surface area contributed by atoms with Crippen LogP contribution in [0.15, 0.2) is 24.3 Å². The second kappa shape index (κ2) is 16.1. The Hall–Kier alpha value is -2.63. The highest BCUT2D eigenvalue weighted by atomic mass is 32.2. The topological polar surface area (TPSA) is 135 Å². The van der Waals surface area contributed by atoms with E-state index in [0.717, 1.165) is 0 Å². The summed E-state index contributed by atoms with van der Waals surface area (Å²) in [6.45, 7) is 8.57. The zero-order valence-corrected chi connectivity index (χ0v) is 21.3. The Labute approximate surface area is 205 Å². The Morgan fingerprint density at radius 3 is 2.09 bits per heavy atom. The predicted molar refractivity (Wildman–Crippen MR) is 131 cm³/mol. The third-order valence-corrected chi connectivity index (χ3v) is 4.96. The molecule has 1 unspecified atom stereocenters. The molecule has 0 heterocycles. The van der Waals surface area contributed by atoms with Gasteiger partial charge in [0.05, 0.1) is 0 Å². The zero-order chi connectivity index (χ0) is 25.5. The number of hydrogen-bond donors (Lipinski definition) is 4. The minimum absolute atomic E-state index is 0.156. The third-order valence-electron chi connectivity index (χ3n) is 4.32. The minimum atomic E-state index is -0.836. The summed E-state index contributed by atoms with van der Waals surface area (Å²) in [5.41, 5.74) is 4.79. The zero-order valence-electron chi connectivity index (χ0n) is 20.4. The molecular formula is C23H36N4O6S. The fraction of sp³-hybridized carbons (Fsp3) is 0.565. The van der Waals surface area contributed by atoms with Crippen molar-refractivity contribution < 1.29 is 28.9 Å². The molecule has 11 heteroatoms. The number of amides is 4. The summed E-state index contributed by atoms with van der Waals surface area (Å²) in [7, 11) is 0. The van der Waals surface area contributed by atoms with Gasteiger partial charge in [0.1, 0.15) is 0 Å². The van der Waals surface area contributed by atoms with Gasteiger partial charge < -0.3 is 10.6 Å². The molecule has 0 spiro atoms. The first-order chi connectivity index (χ1) is 16.1. The fourth-order valence-corrected chi connectivity index (χ4v) is 2.92. The maximum Gasteiger partial charge on any atom is 0.274 e. The van der Waals surface area contributed by atoms with Gasteiger partial charge in [-0.1, -0.05) is 33.8 Å². The first-order valence-electron chi connectivity index (χ1n) is 11.2. The van der Waals surface area contributed by atoms with Gasteiger partial charge in [-0.3, -0.25) is 28.9 Å². The van der Waals surface area contributed by atoms with Crippen LogP contribution < -0.4 is 21.6 Å². The van der Waals surface area contributed by atoms with E-state index in [0.29, 0.717) is 31.2 Å². The van der Waals surface area contributed by atoms with Crippen molar-refractivity contribution in [2.75, 3.05) is 31.7 Å². The summed E-state index contributed by atoms with van der Waals surface area (Å²) in [5.74, 6) is -0.606. The summed E-state index contributed by atoms with van der Waals surface area (Å²) < 4.78 is 0. The van der Waals surface area contributed by atoms with Gasteiger partial charge >= 0.3 is 0 Å². The Morgan fingerprint density at radius 1 is 0.912 bits per heavy atom. The van der Waals surface area contributed by atoms with Crippen molar-refractivity contribution >= 4 is 35.4 Å². The van der Waals surface area contributed by atoms with E-state index in [1.165, 1.54) is 24.3 Å². The number of benzene rings is 1. The smallest absolute Gasteiger partial charge is 0.274 e. The van der Waals surface area contributed by atoms with Gasteiger partial charge in [-0.25, -0.2) is 11.0 Å². The van der Waals surface area contributed by atoms with E-state index in [9.17, 15) is 19.2 Å². The summed E-state index contributed by atoms with van der Waals surface area (Å²) in [6, 6.07) is 5.88. The highest BCUT2D eigenvalue weighted by molar-refractivity contribution is 7.98. The van der Waals surface area contributed by atoms with Gasteiger partial charge in [0, 0.05) is 24.2 Å². The summed E-state index contributed by atoms with van der Waals surface area (Å²) >= 11 is 1.57. The second-order valence-corrected chi connectivity index (χ2v) is 9.44. The van der Waals surface area contributed by atoms with E-state index in [-0.39, 0.29) is 35.5 Å². The van der Waals surface area contributed by atoms with Crippen molar-refractivity contribution in [3.05, 3.63) is 35.4 Å². The van der Waals surface area contributed by atoms with Crippen molar-refractivity contribution in [1.29, 1.82) is 0 Å². The van der Waals surface area contributed by atoms with Crippen molar-refractivity contribution in [2.45, 2.75) is 40.2 Å². The number of thioether (sulfide) groups is 1. The molecule has 4 amide bonds. The molecule has 34 heavy (non-hydrogen) atoms. The number of hydrogen-bond acceptors (Lipinski definition) is 7. The molecule has 0 aliphatic carbocycles. The van der Waals surface area contributed by atoms with Crippen LogP contribution in [0.4, 0.5) is 0 Å². The van der Waals surface area contributed by atoms with Crippen LogP contribution in [-0.2, 0) is 19.3 Å².